The van der Waals surface area contributed by atoms with Crippen molar-refractivity contribution < 1.29 is 23.1 Å². The molecule has 0 aliphatic carbocycles. The third kappa shape index (κ3) is 2.25. The number of hydrogen-bond donors (Lipinski definition) is 0. The normalized spacial score (nSPS) is 10.7. The van der Waals surface area contributed by atoms with Gasteiger partial charge in [0.15, 0.2) is 6.61 Å². The van der Waals surface area contributed by atoms with Gasteiger partial charge in [-0.05, 0) is 30.3 Å². The molecule has 3 rings (SSSR count). The maximum absolute atomic E-state index is 11.1. The molecule has 3 aromatic rings. The predicted octanol–water partition coefficient (Wildman–Crippen LogP) is 3.24. The molecule has 0 saturated heterocycles. The summed E-state index contributed by atoms with van der Waals surface area (Å²) in [6, 6.07) is 8.99. The van der Waals surface area contributed by atoms with Crippen molar-refractivity contribution >= 4 is 16.9 Å². The quantitative estimate of drug-likeness (QED) is 0.682. The van der Waals surface area contributed by atoms with Gasteiger partial charge in [-0.1, -0.05) is 0 Å². The molecule has 0 aliphatic heterocycles. The van der Waals surface area contributed by atoms with Gasteiger partial charge in [0.2, 0.25) is 0 Å². The van der Waals surface area contributed by atoms with Gasteiger partial charge in [0.05, 0.1) is 18.9 Å². The average Bonchev–Trinajstić information content (AvgIpc) is 3.12. The highest BCUT2D eigenvalue weighted by atomic mass is 16.6. The lowest BCUT2D eigenvalue weighted by Crippen LogP contribution is -2.12. The SMILES string of the molecule is COC(=O)COc1ccc2occ(-c3ccco3)c2c1. The van der Waals surface area contributed by atoms with Gasteiger partial charge in [0.1, 0.15) is 23.4 Å². The van der Waals surface area contributed by atoms with Gasteiger partial charge in [0.25, 0.3) is 0 Å². The topological polar surface area (TPSA) is 61.8 Å². The van der Waals surface area contributed by atoms with Crippen molar-refractivity contribution in [3.05, 3.63) is 42.9 Å². The Morgan fingerprint density at radius 3 is 2.90 bits per heavy atom. The fourth-order valence-electron chi connectivity index (χ4n) is 1.92. The highest BCUT2D eigenvalue weighted by molar-refractivity contribution is 5.93. The molecule has 0 spiro atoms. The minimum Gasteiger partial charge on any atom is -0.482 e. The van der Waals surface area contributed by atoms with Crippen LogP contribution in [-0.2, 0) is 9.53 Å². The summed E-state index contributed by atoms with van der Waals surface area (Å²) in [5.74, 6) is 0.856. The summed E-state index contributed by atoms with van der Waals surface area (Å²) in [5.41, 5.74) is 1.57. The van der Waals surface area contributed by atoms with E-state index in [2.05, 4.69) is 4.74 Å². The number of fused-ring (bicyclic) bond motifs is 1. The van der Waals surface area contributed by atoms with Crippen LogP contribution in [0.1, 0.15) is 0 Å². The van der Waals surface area contributed by atoms with Crippen molar-refractivity contribution in [2.24, 2.45) is 0 Å². The number of carbonyl (C=O) groups excluding carboxylic acids is 1. The van der Waals surface area contributed by atoms with Crippen LogP contribution in [0.25, 0.3) is 22.3 Å². The monoisotopic (exact) mass is 272 g/mol. The highest BCUT2D eigenvalue weighted by Crippen LogP contribution is 2.33. The number of hydrogen-bond acceptors (Lipinski definition) is 5. The molecule has 0 fully saturated rings. The van der Waals surface area contributed by atoms with E-state index in [4.69, 9.17) is 13.6 Å². The van der Waals surface area contributed by atoms with Gasteiger partial charge in [-0.25, -0.2) is 4.79 Å². The zero-order valence-corrected chi connectivity index (χ0v) is 10.8. The maximum Gasteiger partial charge on any atom is 0.343 e. The fourth-order valence-corrected chi connectivity index (χ4v) is 1.92. The Labute approximate surface area is 114 Å². The molecule has 0 saturated carbocycles. The molecule has 2 aromatic heterocycles. The third-order valence-corrected chi connectivity index (χ3v) is 2.92. The Kier molecular flexibility index (Phi) is 3.16. The lowest BCUT2D eigenvalue weighted by Gasteiger charge is -2.04. The fraction of sp³-hybridized carbons (Fsp3) is 0.133. The second-order valence-electron chi connectivity index (χ2n) is 4.15. The van der Waals surface area contributed by atoms with Crippen molar-refractivity contribution in [1.82, 2.24) is 0 Å². The summed E-state index contributed by atoms with van der Waals surface area (Å²) < 4.78 is 20.7. The van der Waals surface area contributed by atoms with Crippen LogP contribution >= 0.6 is 0 Å². The van der Waals surface area contributed by atoms with Gasteiger partial charge in [-0.15, -0.1) is 0 Å². The van der Waals surface area contributed by atoms with Gasteiger partial charge in [-0.3, -0.25) is 0 Å². The standard InChI is InChI=1S/C15H12O5/c1-17-15(16)9-19-10-4-5-14-11(7-10)12(8-20-14)13-3-2-6-18-13/h2-8H,9H2,1H3. The second-order valence-corrected chi connectivity index (χ2v) is 4.15. The van der Waals surface area contributed by atoms with Gasteiger partial charge < -0.3 is 18.3 Å². The molecule has 1 aromatic carbocycles. The van der Waals surface area contributed by atoms with Gasteiger partial charge in [0, 0.05) is 5.39 Å². The van der Waals surface area contributed by atoms with E-state index in [1.54, 1.807) is 30.7 Å². The molecular formula is C15H12O5. The first-order valence-electron chi connectivity index (χ1n) is 6.02. The Bertz CT molecular complexity index is 724. The summed E-state index contributed by atoms with van der Waals surface area (Å²) in [7, 11) is 1.32. The van der Waals surface area contributed by atoms with Crippen LogP contribution in [0.3, 0.4) is 0 Å². The van der Waals surface area contributed by atoms with Crippen LogP contribution < -0.4 is 4.74 Å². The molecule has 0 bridgehead atoms. The average molecular weight is 272 g/mol. The van der Waals surface area contributed by atoms with Crippen LogP contribution in [-0.4, -0.2) is 19.7 Å². The van der Waals surface area contributed by atoms with Gasteiger partial charge in [-0.2, -0.15) is 0 Å². The third-order valence-electron chi connectivity index (χ3n) is 2.92. The van der Waals surface area contributed by atoms with E-state index in [-0.39, 0.29) is 6.61 Å². The first-order chi connectivity index (χ1) is 9.78. The van der Waals surface area contributed by atoms with Gasteiger partial charge >= 0.3 is 5.97 Å². The van der Waals surface area contributed by atoms with Crippen LogP contribution in [0, 0.1) is 0 Å². The van der Waals surface area contributed by atoms with E-state index in [1.807, 2.05) is 12.1 Å². The molecule has 0 amide bonds. The molecule has 5 nitrogen and oxygen atoms in total. The zero-order chi connectivity index (χ0) is 13.9. The van der Waals surface area contributed by atoms with Crippen molar-refractivity contribution in [3.8, 4) is 17.1 Å². The smallest absolute Gasteiger partial charge is 0.343 e. The van der Waals surface area contributed by atoms with E-state index in [9.17, 15) is 4.79 Å². The molecule has 102 valence electrons. The largest absolute Gasteiger partial charge is 0.482 e. The first kappa shape index (κ1) is 12.3. The summed E-state index contributed by atoms with van der Waals surface area (Å²) in [6.07, 6.45) is 3.24. The predicted molar refractivity (Wildman–Crippen MR) is 71.4 cm³/mol. The second kappa shape index (κ2) is 5.13. The maximum atomic E-state index is 11.1. The Hall–Kier alpha value is -2.69. The molecule has 0 atom stereocenters. The van der Waals surface area contributed by atoms with Crippen molar-refractivity contribution in [3.63, 3.8) is 0 Å². The molecule has 0 unspecified atom stereocenters. The van der Waals surface area contributed by atoms with Crippen LogP contribution in [0.2, 0.25) is 0 Å². The van der Waals surface area contributed by atoms with E-state index >= 15 is 0 Å². The molecule has 20 heavy (non-hydrogen) atoms. The zero-order valence-electron chi connectivity index (χ0n) is 10.8. The lowest BCUT2D eigenvalue weighted by molar-refractivity contribution is -0.142. The van der Waals surface area contributed by atoms with Crippen LogP contribution in [0.4, 0.5) is 0 Å². The van der Waals surface area contributed by atoms with Crippen molar-refractivity contribution in [1.29, 1.82) is 0 Å². The van der Waals surface area contributed by atoms with Crippen LogP contribution in [0.15, 0.2) is 51.7 Å². The molecule has 0 aliphatic rings. The summed E-state index contributed by atoms with van der Waals surface area (Å²) in [6.45, 7) is -0.129. The van der Waals surface area contributed by atoms with E-state index in [1.165, 1.54) is 7.11 Å². The Balaban J connectivity index is 1.93. The summed E-state index contributed by atoms with van der Waals surface area (Å²) in [4.78, 5) is 11.1. The molecule has 2 heterocycles. The molecular weight excluding hydrogens is 260 g/mol. The number of esters is 1. The first-order valence-corrected chi connectivity index (χ1v) is 6.02. The highest BCUT2D eigenvalue weighted by Gasteiger charge is 2.12. The molecule has 0 N–H and O–H groups in total. The minimum absolute atomic E-state index is 0.129. The van der Waals surface area contributed by atoms with Crippen molar-refractivity contribution in [2.75, 3.05) is 13.7 Å². The van der Waals surface area contributed by atoms with E-state index in [0.29, 0.717) is 11.5 Å². The number of carbonyl (C=O) groups is 1. The lowest BCUT2D eigenvalue weighted by atomic mass is 10.1. The molecule has 0 radical (unpaired) electrons. The van der Waals surface area contributed by atoms with Crippen LogP contribution in [0.5, 0.6) is 5.75 Å². The Morgan fingerprint density at radius 2 is 2.15 bits per heavy atom. The summed E-state index contributed by atoms with van der Waals surface area (Å²) in [5, 5.41) is 0.863. The number of benzene rings is 1. The number of ether oxygens (including phenoxy) is 2. The van der Waals surface area contributed by atoms with E-state index < -0.39 is 5.97 Å². The van der Waals surface area contributed by atoms with E-state index in [0.717, 1.165) is 16.5 Å². The molecule has 5 heteroatoms. The number of furan rings is 2. The number of rotatable bonds is 4. The minimum atomic E-state index is -0.427. The Morgan fingerprint density at radius 1 is 1.25 bits per heavy atom. The summed E-state index contributed by atoms with van der Waals surface area (Å²) >= 11 is 0. The van der Waals surface area contributed by atoms with Crippen molar-refractivity contribution in [2.45, 2.75) is 0 Å². The number of methoxy groups -OCH3 is 1.